The van der Waals surface area contributed by atoms with Crippen molar-refractivity contribution in [1.82, 2.24) is 4.90 Å². The van der Waals surface area contributed by atoms with Crippen molar-refractivity contribution >= 4 is 46.9 Å². The second-order valence-electron chi connectivity index (χ2n) is 5.93. The molecule has 26 heavy (non-hydrogen) atoms. The number of carbonyl (C=O) groups excluding carboxylic acids is 2. The van der Waals surface area contributed by atoms with Gasteiger partial charge in [-0.2, -0.15) is 0 Å². The van der Waals surface area contributed by atoms with E-state index in [1.807, 2.05) is 11.4 Å². The van der Waals surface area contributed by atoms with Gasteiger partial charge >= 0.3 is 0 Å². The van der Waals surface area contributed by atoms with E-state index in [1.54, 1.807) is 36.3 Å². The van der Waals surface area contributed by atoms with Crippen LogP contribution in [0.2, 0.25) is 0 Å². The van der Waals surface area contributed by atoms with Crippen LogP contribution in [-0.2, 0) is 4.79 Å². The Morgan fingerprint density at radius 1 is 1.31 bits per heavy atom. The number of ether oxygens (including phenoxy) is 1. The van der Waals surface area contributed by atoms with Gasteiger partial charge in [-0.15, -0.1) is 23.7 Å². The van der Waals surface area contributed by atoms with Crippen LogP contribution in [0.3, 0.4) is 0 Å². The van der Waals surface area contributed by atoms with E-state index in [1.165, 1.54) is 11.3 Å². The van der Waals surface area contributed by atoms with Crippen LogP contribution in [0.5, 0.6) is 5.75 Å². The predicted octanol–water partition coefficient (Wildman–Crippen LogP) is 3.39. The minimum absolute atomic E-state index is 0. The zero-order chi connectivity index (χ0) is 17.8. The summed E-state index contributed by atoms with van der Waals surface area (Å²) in [5.74, 6) is 0.295. The third kappa shape index (κ3) is 4.28. The van der Waals surface area contributed by atoms with E-state index in [9.17, 15) is 9.59 Å². The van der Waals surface area contributed by atoms with E-state index >= 15 is 0 Å². The quantitative estimate of drug-likeness (QED) is 0.777. The third-order valence-corrected chi connectivity index (χ3v) is 5.15. The molecule has 1 aliphatic rings. The lowest BCUT2D eigenvalue weighted by molar-refractivity contribution is -0.121. The number of anilines is 2. The first-order valence-electron chi connectivity index (χ1n) is 8.19. The Morgan fingerprint density at radius 3 is 2.77 bits per heavy atom. The molecule has 8 heteroatoms. The number of benzene rings is 1. The van der Waals surface area contributed by atoms with Gasteiger partial charge in [0.2, 0.25) is 5.91 Å². The number of halogens is 1. The Morgan fingerprint density at radius 2 is 2.12 bits per heavy atom. The molecule has 0 radical (unpaired) electrons. The molecule has 0 spiro atoms. The summed E-state index contributed by atoms with van der Waals surface area (Å²) in [4.78, 5) is 27.8. The number of hydrogen-bond donors (Lipinski definition) is 2. The molecule has 2 aromatic rings. The van der Waals surface area contributed by atoms with Gasteiger partial charge in [0.25, 0.3) is 5.91 Å². The molecule has 0 saturated carbocycles. The Balaban J connectivity index is 0.00000243. The number of piperidine rings is 1. The van der Waals surface area contributed by atoms with Gasteiger partial charge in [0.1, 0.15) is 11.8 Å². The number of nitrogens with zero attached hydrogens (tertiary/aromatic N) is 1. The summed E-state index contributed by atoms with van der Waals surface area (Å²) in [7, 11) is 1.54. The van der Waals surface area contributed by atoms with Crippen LogP contribution in [0, 0.1) is 0 Å². The Kier molecular flexibility index (Phi) is 6.88. The number of hydrogen-bond acceptors (Lipinski definition) is 5. The van der Waals surface area contributed by atoms with E-state index in [0.717, 1.165) is 12.8 Å². The number of rotatable bonds is 4. The fraction of sp³-hybridized carbons (Fsp3) is 0.333. The Labute approximate surface area is 162 Å². The zero-order valence-electron chi connectivity index (χ0n) is 14.4. The maximum atomic E-state index is 12.7. The summed E-state index contributed by atoms with van der Waals surface area (Å²) in [6.07, 6.45) is 2.50. The number of amides is 2. The average Bonchev–Trinajstić information content (AvgIpc) is 3.16. The van der Waals surface area contributed by atoms with E-state index in [0.29, 0.717) is 35.0 Å². The van der Waals surface area contributed by atoms with Gasteiger partial charge in [0, 0.05) is 12.2 Å². The van der Waals surface area contributed by atoms with E-state index in [4.69, 9.17) is 10.5 Å². The highest BCUT2D eigenvalue weighted by molar-refractivity contribution is 7.12. The van der Waals surface area contributed by atoms with Crippen LogP contribution in [0.15, 0.2) is 35.7 Å². The largest absolute Gasteiger partial charge is 0.495 e. The second-order valence-corrected chi connectivity index (χ2v) is 6.88. The standard InChI is InChI=1S/C18H21N3O3S.ClH/c1-24-15-8-7-12(11-13(15)19)20-17(22)14-5-2-3-9-21(14)18(23)16-6-4-10-25-16;/h4,6-8,10-11,14H,2-3,5,9,19H2,1H3,(H,20,22);1H. The van der Waals surface area contributed by atoms with Crippen molar-refractivity contribution in [2.24, 2.45) is 0 Å². The molecule has 2 heterocycles. The summed E-state index contributed by atoms with van der Waals surface area (Å²) in [5.41, 5.74) is 6.94. The molecule has 1 aromatic carbocycles. The van der Waals surface area contributed by atoms with E-state index in [-0.39, 0.29) is 24.2 Å². The first-order chi connectivity index (χ1) is 12.1. The number of nitrogens with one attached hydrogen (secondary N) is 1. The number of thiophene rings is 1. The van der Waals surface area contributed by atoms with Gasteiger partial charge in [0.15, 0.2) is 0 Å². The van der Waals surface area contributed by atoms with Gasteiger partial charge in [0.05, 0.1) is 17.7 Å². The van der Waals surface area contributed by atoms with Crippen LogP contribution in [0.25, 0.3) is 0 Å². The third-order valence-electron chi connectivity index (χ3n) is 4.30. The molecule has 1 aromatic heterocycles. The fourth-order valence-corrected chi connectivity index (χ4v) is 3.71. The van der Waals surface area contributed by atoms with Gasteiger partial charge in [-0.05, 0) is 48.9 Å². The van der Waals surface area contributed by atoms with Gasteiger partial charge in [-0.3, -0.25) is 9.59 Å². The van der Waals surface area contributed by atoms with Crippen LogP contribution in [-0.4, -0.2) is 36.4 Å². The molecule has 6 nitrogen and oxygen atoms in total. The van der Waals surface area contributed by atoms with Crippen LogP contribution in [0.1, 0.15) is 28.9 Å². The lowest BCUT2D eigenvalue weighted by atomic mass is 10.0. The molecule has 1 aliphatic heterocycles. The fourth-order valence-electron chi connectivity index (χ4n) is 3.03. The molecule has 1 saturated heterocycles. The predicted molar refractivity (Wildman–Crippen MR) is 106 cm³/mol. The Bertz CT molecular complexity index is 767. The maximum Gasteiger partial charge on any atom is 0.264 e. The van der Waals surface area contributed by atoms with Crippen LogP contribution in [0.4, 0.5) is 11.4 Å². The van der Waals surface area contributed by atoms with Gasteiger partial charge < -0.3 is 20.7 Å². The van der Waals surface area contributed by atoms with Crippen LogP contribution >= 0.6 is 23.7 Å². The summed E-state index contributed by atoms with van der Waals surface area (Å²) in [6.45, 7) is 0.597. The highest BCUT2D eigenvalue weighted by Gasteiger charge is 2.33. The SMILES string of the molecule is COc1ccc(NC(=O)C2CCCCN2C(=O)c2cccs2)cc1N.Cl. The minimum Gasteiger partial charge on any atom is -0.495 e. The highest BCUT2D eigenvalue weighted by Crippen LogP contribution is 2.26. The summed E-state index contributed by atoms with van der Waals surface area (Å²) in [6, 6.07) is 8.27. The van der Waals surface area contributed by atoms with Crippen molar-refractivity contribution in [2.75, 3.05) is 24.7 Å². The van der Waals surface area contributed by atoms with Gasteiger partial charge in [-0.25, -0.2) is 0 Å². The van der Waals surface area contributed by atoms with Crippen molar-refractivity contribution in [1.29, 1.82) is 0 Å². The van der Waals surface area contributed by atoms with Gasteiger partial charge in [-0.1, -0.05) is 6.07 Å². The normalized spacial score (nSPS) is 16.5. The average molecular weight is 396 g/mol. The molecular weight excluding hydrogens is 374 g/mol. The lowest BCUT2D eigenvalue weighted by Crippen LogP contribution is -2.49. The van der Waals surface area contributed by atoms with Crippen molar-refractivity contribution in [3.8, 4) is 5.75 Å². The van der Waals surface area contributed by atoms with Crippen molar-refractivity contribution in [2.45, 2.75) is 25.3 Å². The van der Waals surface area contributed by atoms with Crippen LogP contribution < -0.4 is 15.8 Å². The van der Waals surface area contributed by atoms with Crippen molar-refractivity contribution in [3.05, 3.63) is 40.6 Å². The molecule has 0 bridgehead atoms. The monoisotopic (exact) mass is 395 g/mol. The summed E-state index contributed by atoms with van der Waals surface area (Å²) < 4.78 is 5.12. The molecule has 1 atom stereocenters. The van der Waals surface area contributed by atoms with E-state index in [2.05, 4.69) is 5.32 Å². The number of carbonyl (C=O) groups is 2. The van der Waals surface area contributed by atoms with E-state index < -0.39 is 6.04 Å². The first-order valence-corrected chi connectivity index (χ1v) is 9.07. The second kappa shape index (κ2) is 8.91. The summed E-state index contributed by atoms with van der Waals surface area (Å²) in [5, 5.41) is 4.74. The number of methoxy groups -OCH3 is 1. The molecule has 2 amide bonds. The number of nitrogen functional groups attached to an aromatic ring is 1. The smallest absolute Gasteiger partial charge is 0.264 e. The summed E-state index contributed by atoms with van der Waals surface area (Å²) >= 11 is 1.40. The molecule has 3 rings (SSSR count). The van der Waals surface area contributed by atoms with Crippen molar-refractivity contribution in [3.63, 3.8) is 0 Å². The molecule has 1 unspecified atom stereocenters. The molecule has 1 fully saturated rings. The molecular formula is C18H22ClN3O3S. The number of likely N-dealkylation sites (tertiary alicyclic amines) is 1. The lowest BCUT2D eigenvalue weighted by Gasteiger charge is -2.34. The zero-order valence-corrected chi connectivity index (χ0v) is 16.1. The topological polar surface area (TPSA) is 84.7 Å². The highest BCUT2D eigenvalue weighted by atomic mass is 35.5. The number of nitrogens with two attached hydrogens (primary N) is 1. The molecule has 3 N–H and O–H groups in total. The Hall–Kier alpha value is -2.25. The maximum absolute atomic E-state index is 12.7. The molecule has 0 aliphatic carbocycles. The first kappa shape index (κ1) is 20.1. The molecule has 140 valence electrons. The van der Waals surface area contributed by atoms with Crippen molar-refractivity contribution < 1.29 is 14.3 Å². The minimum atomic E-state index is -0.466.